The maximum absolute atomic E-state index is 11.0. The van der Waals surface area contributed by atoms with Gasteiger partial charge < -0.3 is 10.8 Å². The highest BCUT2D eigenvalue weighted by Crippen LogP contribution is 2.41. The van der Waals surface area contributed by atoms with Crippen molar-refractivity contribution in [2.24, 2.45) is 0 Å². The molecule has 0 amide bonds. The SMILES string of the molecule is CC(C(=O)O)N1CCN(Cc2cc(N)cc(C3CC3)c2)CC1. The van der Waals surface area contributed by atoms with Crippen LogP contribution in [0.5, 0.6) is 0 Å². The van der Waals surface area contributed by atoms with E-state index >= 15 is 0 Å². The van der Waals surface area contributed by atoms with Crippen LogP contribution in [0.2, 0.25) is 0 Å². The van der Waals surface area contributed by atoms with Crippen molar-refractivity contribution < 1.29 is 9.90 Å². The fraction of sp³-hybridized carbons (Fsp3) is 0.588. The van der Waals surface area contributed by atoms with Gasteiger partial charge in [-0.1, -0.05) is 6.07 Å². The third kappa shape index (κ3) is 3.59. The Morgan fingerprint density at radius 2 is 1.95 bits per heavy atom. The average Bonchev–Trinajstić information content (AvgIpc) is 3.31. The van der Waals surface area contributed by atoms with Gasteiger partial charge in [-0.05, 0) is 48.9 Å². The molecule has 2 aliphatic rings. The van der Waals surface area contributed by atoms with E-state index in [4.69, 9.17) is 10.8 Å². The fourth-order valence-corrected chi connectivity index (χ4v) is 3.21. The van der Waals surface area contributed by atoms with E-state index < -0.39 is 12.0 Å². The Morgan fingerprint density at radius 3 is 2.55 bits per heavy atom. The number of benzene rings is 1. The minimum Gasteiger partial charge on any atom is -0.480 e. The van der Waals surface area contributed by atoms with Gasteiger partial charge in [-0.2, -0.15) is 0 Å². The van der Waals surface area contributed by atoms with Crippen LogP contribution in [0.4, 0.5) is 5.69 Å². The third-order valence-corrected chi connectivity index (χ3v) is 4.80. The van der Waals surface area contributed by atoms with Gasteiger partial charge in [0.2, 0.25) is 0 Å². The minimum atomic E-state index is -0.738. The van der Waals surface area contributed by atoms with Gasteiger partial charge in [-0.3, -0.25) is 14.6 Å². The van der Waals surface area contributed by atoms with E-state index in [1.807, 2.05) is 4.90 Å². The maximum atomic E-state index is 11.0. The first-order valence-corrected chi connectivity index (χ1v) is 8.11. The maximum Gasteiger partial charge on any atom is 0.320 e. The van der Waals surface area contributed by atoms with E-state index in [-0.39, 0.29) is 0 Å². The minimum absolute atomic E-state index is 0.393. The Kier molecular flexibility index (Phi) is 4.36. The number of hydrogen-bond acceptors (Lipinski definition) is 4. The molecule has 5 nitrogen and oxygen atoms in total. The van der Waals surface area contributed by atoms with Gasteiger partial charge in [-0.15, -0.1) is 0 Å². The number of nitrogens with zero attached hydrogens (tertiary/aromatic N) is 2. The van der Waals surface area contributed by atoms with Crippen molar-refractivity contribution in [2.45, 2.75) is 38.3 Å². The number of aliphatic carboxylic acids is 1. The number of rotatable bonds is 5. The molecule has 3 rings (SSSR count). The summed E-state index contributed by atoms with van der Waals surface area (Å²) < 4.78 is 0. The standard InChI is InChI=1S/C17H25N3O2/c1-12(17(21)22)20-6-4-19(5-7-20)11-13-8-15(14-2-3-14)10-16(18)9-13/h8-10,12,14H,2-7,11,18H2,1H3,(H,21,22). The van der Waals surface area contributed by atoms with Crippen LogP contribution in [0.3, 0.4) is 0 Å². The van der Waals surface area contributed by atoms with Gasteiger partial charge >= 0.3 is 5.97 Å². The molecular weight excluding hydrogens is 278 g/mol. The summed E-state index contributed by atoms with van der Waals surface area (Å²) in [5, 5.41) is 9.09. The van der Waals surface area contributed by atoms with Crippen molar-refractivity contribution in [3.8, 4) is 0 Å². The Bertz CT molecular complexity index is 549. The molecule has 1 unspecified atom stereocenters. The molecule has 120 valence electrons. The second-order valence-corrected chi connectivity index (χ2v) is 6.61. The topological polar surface area (TPSA) is 69.8 Å². The summed E-state index contributed by atoms with van der Waals surface area (Å²) in [5.41, 5.74) is 9.55. The van der Waals surface area contributed by atoms with Crippen LogP contribution in [0, 0.1) is 0 Å². The number of nitrogen functional groups attached to an aromatic ring is 1. The summed E-state index contributed by atoms with van der Waals surface area (Å²) >= 11 is 0. The van der Waals surface area contributed by atoms with Gasteiger partial charge in [0.15, 0.2) is 0 Å². The van der Waals surface area contributed by atoms with Crippen molar-refractivity contribution >= 4 is 11.7 Å². The highest BCUT2D eigenvalue weighted by molar-refractivity contribution is 5.72. The smallest absolute Gasteiger partial charge is 0.320 e. The molecule has 1 heterocycles. The monoisotopic (exact) mass is 303 g/mol. The Balaban J connectivity index is 1.57. The van der Waals surface area contributed by atoms with E-state index in [1.54, 1.807) is 6.92 Å². The summed E-state index contributed by atoms with van der Waals surface area (Å²) in [4.78, 5) is 15.5. The first kappa shape index (κ1) is 15.3. The molecule has 0 aromatic heterocycles. The molecule has 1 saturated carbocycles. The van der Waals surface area contributed by atoms with Crippen molar-refractivity contribution in [1.82, 2.24) is 9.80 Å². The summed E-state index contributed by atoms with van der Waals surface area (Å²) in [7, 11) is 0. The molecule has 0 spiro atoms. The number of nitrogens with two attached hydrogens (primary N) is 1. The summed E-state index contributed by atoms with van der Waals surface area (Å²) in [6.07, 6.45) is 2.57. The van der Waals surface area contributed by atoms with Gasteiger partial charge in [0, 0.05) is 38.4 Å². The van der Waals surface area contributed by atoms with Gasteiger partial charge in [0.05, 0.1) is 0 Å². The van der Waals surface area contributed by atoms with Crippen LogP contribution >= 0.6 is 0 Å². The van der Waals surface area contributed by atoms with E-state index in [0.717, 1.165) is 44.3 Å². The number of carbonyl (C=O) groups is 1. The molecule has 1 atom stereocenters. The Labute approximate surface area is 131 Å². The predicted molar refractivity (Wildman–Crippen MR) is 86.8 cm³/mol. The van der Waals surface area contributed by atoms with E-state index in [2.05, 4.69) is 23.1 Å². The second-order valence-electron chi connectivity index (χ2n) is 6.61. The molecule has 1 saturated heterocycles. The molecule has 0 bridgehead atoms. The molecule has 3 N–H and O–H groups in total. The molecule has 1 aliphatic carbocycles. The normalized spacial score (nSPS) is 21.7. The number of hydrogen-bond donors (Lipinski definition) is 2. The molecule has 1 aliphatic heterocycles. The van der Waals surface area contributed by atoms with Crippen molar-refractivity contribution in [1.29, 1.82) is 0 Å². The Hall–Kier alpha value is -1.59. The molecule has 22 heavy (non-hydrogen) atoms. The van der Waals surface area contributed by atoms with E-state index in [9.17, 15) is 4.79 Å². The second kappa shape index (κ2) is 6.26. The lowest BCUT2D eigenvalue weighted by molar-refractivity contribution is -0.143. The highest BCUT2D eigenvalue weighted by atomic mass is 16.4. The lowest BCUT2D eigenvalue weighted by Crippen LogP contribution is -2.51. The number of carboxylic acids is 1. The summed E-state index contributed by atoms with van der Waals surface area (Å²) in [6, 6.07) is 6.07. The van der Waals surface area contributed by atoms with Crippen LogP contribution < -0.4 is 5.73 Å². The lowest BCUT2D eigenvalue weighted by atomic mass is 10.0. The number of anilines is 1. The number of carboxylic acid groups (broad SMARTS) is 1. The van der Waals surface area contributed by atoms with Gasteiger partial charge in [0.1, 0.15) is 6.04 Å². The van der Waals surface area contributed by atoms with Gasteiger partial charge in [0.25, 0.3) is 0 Å². The van der Waals surface area contributed by atoms with Crippen LogP contribution in [-0.2, 0) is 11.3 Å². The first-order valence-electron chi connectivity index (χ1n) is 8.11. The zero-order chi connectivity index (χ0) is 15.7. The zero-order valence-corrected chi connectivity index (χ0v) is 13.2. The highest BCUT2D eigenvalue weighted by Gasteiger charge is 2.26. The van der Waals surface area contributed by atoms with Gasteiger partial charge in [-0.25, -0.2) is 0 Å². The van der Waals surface area contributed by atoms with E-state index in [1.165, 1.54) is 24.0 Å². The van der Waals surface area contributed by atoms with Crippen LogP contribution in [-0.4, -0.2) is 53.1 Å². The molecule has 1 aromatic rings. The fourth-order valence-electron chi connectivity index (χ4n) is 3.21. The van der Waals surface area contributed by atoms with Crippen LogP contribution in [0.25, 0.3) is 0 Å². The molecule has 0 radical (unpaired) electrons. The van der Waals surface area contributed by atoms with Crippen molar-refractivity contribution in [3.05, 3.63) is 29.3 Å². The van der Waals surface area contributed by atoms with Crippen molar-refractivity contribution in [2.75, 3.05) is 31.9 Å². The van der Waals surface area contributed by atoms with Crippen molar-refractivity contribution in [3.63, 3.8) is 0 Å². The predicted octanol–water partition coefficient (Wildman–Crippen LogP) is 1.74. The number of piperazine rings is 1. The molecule has 2 fully saturated rings. The molecular formula is C17H25N3O2. The largest absolute Gasteiger partial charge is 0.480 e. The third-order valence-electron chi connectivity index (χ3n) is 4.80. The van der Waals surface area contributed by atoms with Crippen LogP contribution in [0.1, 0.15) is 36.8 Å². The quantitative estimate of drug-likeness (QED) is 0.811. The van der Waals surface area contributed by atoms with Crippen LogP contribution in [0.15, 0.2) is 18.2 Å². The first-order chi connectivity index (χ1) is 10.5. The van der Waals surface area contributed by atoms with E-state index in [0.29, 0.717) is 0 Å². The molecule has 5 heteroatoms. The average molecular weight is 303 g/mol. The molecule has 1 aromatic carbocycles. The lowest BCUT2D eigenvalue weighted by Gasteiger charge is -2.36. The summed E-state index contributed by atoms with van der Waals surface area (Å²) in [6.45, 7) is 6.10. The zero-order valence-electron chi connectivity index (χ0n) is 13.2. The summed E-state index contributed by atoms with van der Waals surface area (Å²) in [5.74, 6) is -0.0196. The Morgan fingerprint density at radius 1 is 1.27 bits per heavy atom.